The van der Waals surface area contributed by atoms with Gasteiger partial charge in [-0.15, -0.1) is 11.3 Å². The van der Waals surface area contributed by atoms with Gasteiger partial charge < -0.3 is 5.11 Å². The molecule has 0 radical (unpaired) electrons. The third kappa shape index (κ3) is 2.73. The number of thiazole rings is 1. The van der Waals surface area contributed by atoms with Crippen molar-refractivity contribution in [3.63, 3.8) is 0 Å². The highest BCUT2D eigenvalue weighted by atomic mass is 32.2. The molecule has 0 aliphatic carbocycles. The zero-order chi connectivity index (χ0) is 14.8. The van der Waals surface area contributed by atoms with Gasteiger partial charge in [0.15, 0.2) is 9.90 Å². The van der Waals surface area contributed by atoms with E-state index in [-0.39, 0.29) is 11.4 Å². The molecule has 2 N–H and O–H groups in total. The molecular weight excluding hydrogens is 304 g/mol. The number of aromatic nitrogens is 2. The largest absolute Gasteiger partial charge is 0.476 e. The summed E-state index contributed by atoms with van der Waals surface area (Å²) in [5, 5.41) is 17.5. The molecule has 0 saturated carbocycles. The molecule has 0 unspecified atom stereocenters. The van der Waals surface area contributed by atoms with Gasteiger partial charge in [0.05, 0.1) is 11.1 Å². The van der Waals surface area contributed by atoms with E-state index in [4.69, 9.17) is 10.4 Å². The summed E-state index contributed by atoms with van der Waals surface area (Å²) in [5.74, 6) is -1.45. The van der Waals surface area contributed by atoms with Gasteiger partial charge in [-0.25, -0.2) is 23.2 Å². The standard InChI is InChI=1S/C10H6N4O4S2/c11-3-6-1-2-7(12-4-6)14-20(17,18)10-8(9(15)16)13-5-19-10/h1-2,4-5H,(H,12,14)(H,15,16). The molecule has 0 fully saturated rings. The van der Waals surface area contributed by atoms with Gasteiger partial charge in [-0.1, -0.05) is 0 Å². The summed E-state index contributed by atoms with van der Waals surface area (Å²) in [5.41, 5.74) is 0.859. The number of pyridine rings is 1. The summed E-state index contributed by atoms with van der Waals surface area (Å²) in [7, 11) is -4.09. The monoisotopic (exact) mass is 310 g/mol. The Bertz CT molecular complexity index is 789. The lowest BCUT2D eigenvalue weighted by Crippen LogP contribution is -2.16. The summed E-state index contributed by atoms with van der Waals surface area (Å²) >= 11 is 0.689. The first-order valence-corrected chi connectivity index (χ1v) is 7.36. The van der Waals surface area contributed by atoms with Crippen LogP contribution in [0.15, 0.2) is 28.0 Å². The lowest BCUT2D eigenvalue weighted by Gasteiger charge is -2.05. The molecule has 0 aromatic carbocycles. The molecule has 0 aliphatic rings. The zero-order valence-electron chi connectivity index (χ0n) is 9.64. The Balaban J connectivity index is 2.33. The second kappa shape index (κ2) is 5.24. The fourth-order valence-corrected chi connectivity index (χ4v) is 3.42. The summed E-state index contributed by atoms with van der Waals surface area (Å²) in [4.78, 5) is 18.1. The molecule has 0 amide bonds. The number of nitriles is 1. The minimum Gasteiger partial charge on any atom is -0.476 e. The molecule has 102 valence electrons. The lowest BCUT2D eigenvalue weighted by molar-refractivity contribution is 0.0687. The van der Waals surface area contributed by atoms with Crippen molar-refractivity contribution in [2.75, 3.05) is 4.72 Å². The first-order chi connectivity index (χ1) is 9.44. The molecule has 10 heteroatoms. The molecule has 0 saturated heterocycles. The van der Waals surface area contributed by atoms with Crippen LogP contribution in [0.1, 0.15) is 16.1 Å². The van der Waals surface area contributed by atoms with Gasteiger partial charge in [0.25, 0.3) is 10.0 Å². The summed E-state index contributed by atoms with van der Waals surface area (Å²) in [6.45, 7) is 0. The first-order valence-electron chi connectivity index (χ1n) is 5.00. The Kier molecular flexibility index (Phi) is 3.64. The maximum atomic E-state index is 12.0. The van der Waals surface area contributed by atoms with Gasteiger partial charge in [-0.3, -0.25) is 4.72 Å². The molecule has 0 spiro atoms. The fourth-order valence-electron chi connectivity index (χ4n) is 1.27. The van der Waals surface area contributed by atoms with Crippen LogP contribution in [0, 0.1) is 11.3 Å². The van der Waals surface area contributed by atoms with Gasteiger partial charge >= 0.3 is 5.97 Å². The quantitative estimate of drug-likeness (QED) is 0.857. The van der Waals surface area contributed by atoms with Crippen molar-refractivity contribution in [3.05, 3.63) is 35.1 Å². The maximum Gasteiger partial charge on any atom is 0.356 e. The van der Waals surface area contributed by atoms with Crippen molar-refractivity contribution in [1.29, 1.82) is 5.26 Å². The van der Waals surface area contributed by atoms with Crippen LogP contribution in [0.25, 0.3) is 0 Å². The van der Waals surface area contributed by atoms with Crippen LogP contribution >= 0.6 is 11.3 Å². The van der Waals surface area contributed by atoms with Crippen LogP contribution in [0.4, 0.5) is 5.82 Å². The third-order valence-electron chi connectivity index (χ3n) is 2.11. The van der Waals surface area contributed by atoms with Gasteiger partial charge in [0.2, 0.25) is 0 Å². The minimum atomic E-state index is -4.09. The molecule has 2 aromatic heterocycles. The number of carboxylic acid groups (broad SMARTS) is 1. The minimum absolute atomic E-state index is 0.0197. The van der Waals surface area contributed by atoms with E-state index in [0.717, 1.165) is 5.51 Å². The van der Waals surface area contributed by atoms with E-state index < -0.39 is 25.9 Å². The number of carboxylic acids is 1. The average molecular weight is 310 g/mol. The van der Waals surface area contributed by atoms with E-state index in [2.05, 4.69) is 14.7 Å². The second-order valence-corrected chi connectivity index (χ2v) is 6.18. The maximum absolute atomic E-state index is 12.0. The van der Waals surface area contributed by atoms with Crippen LogP contribution in [0.3, 0.4) is 0 Å². The van der Waals surface area contributed by atoms with E-state index in [1.165, 1.54) is 18.3 Å². The number of aromatic carboxylic acids is 1. The summed E-state index contributed by atoms with van der Waals surface area (Å²) in [6.07, 6.45) is 1.20. The second-order valence-electron chi connectivity index (χ2n) is 3.44. The Morgan fingerprint density at radius 3 is 2.70 bits per heavy atom. The Hall–Kier alpha value is -2.51. The molecule has 0 bridgehead atoms. The van der Waals surface area contributed by atoms with Crippen molar-refractivity contribution in [2.24, 2.45) is 0 Å². The number of sulfonamides is 1. The van der Waals surface area contributed by atoms with Crippen LogP contribution in [-0.2, 0) is 10.0 Å². The highest BCUT2D eigenvalue weighted by Crippen LogP contribution is 2.22. The molecule has 8 nitrogen and oxygen atoms in total. The SMILES string of the molecule is N#Cc1ccc(NS(=O)(=O)c2scnc2C(=O)O)nc1. The van der Waals surface area contributed by atoms with Crippen molar-refractivity contribution in [1.82, 2.24) is 9.97 Å². The fraction of sp³-hybridized carbons (Fsp3) is 0. The molecule has 2 heterocycles. The van der Waals surface area contributed by atoms with E-state index in [1.807, 2.05) is 6.07 Å². The third-order valence-corrected chi connectivity index (χ3v) is 4.84. The molecule has 2 aromatic rings. The number of carbonyl (C=O) groups is 1. The van der Waals surface area contributed by atoms with Crippen molar-refractivity contribution < 1.29 is 18.3 Å². The van der Waals surface area contributed by atoms with E-state index in [1.54, 1.807) is 0 Å². The molecular formula is C10H6N4O4S2. The van der Waals surface area contributed by atoms with E-state index in [9.17, 15) is 13.2 Å². The number of nitrogens with one attached hydrogen (secondary N) is 1. The highest BCUT2D eigenvalue weighted by molar-refractivity contribution is 7.94. The van der Waals surface area contributed by atoms with Crippen LogP contribution in [0.5, 0.6) is 0 Å². The lowest BCUT2D eigenvalue weighted by atomic mass is 10.3. The van der Waals surface area contributed by atoms with E-state index >= 15 is 0 Å². The number of rotatable bonds is 4. The molecule has 20 heavy (non-hydrogen) atoms. The topological polar surface area (TPSA) is 133 Å². The average Bonchev–Trinajstić information content (AvgIpc) is 2.89. The Labute approximate surface area is 117 Å². The van der Waals surface area contributed by atoms with Crippen molar-refractivity contribution in [2.45, 2.75) is 4.21 Å². The Morgan fingerprint density at radius 2 is 2.15 bits per heavy atom. The molecule has 0 aliphatic heterocycles. The van der Waals surface area contributed by atoms with Crippen molar-refractivity contribution in [3.8, 4) is 6.07 Å². The number of nitrogens with zero attached hydrogens (tertiary/aromatic N) is 3. The molecule has 0 atom stereocenters. The highest BCUT2D eigenvalue weighted by Gasteiger charge is 2.26. The Morgan fingerprint density at radius 1 is 1.40 bits per heavy atom. The zero-order valence-corrected chi connectivity index (χ0v) is 11.3. The van der Waals surface area contributed by atoms with Crippen LogP contribution < -0.4 is 4.72 Å². The summed E-state index contributed by atoms with van der Waals surface area (Å²) in [6, 6.07) is 4.53. The normalized spacial score (nSPS) is 10.8. The van der Waals surface area contributed by atoms with Gasteiger partial charge in [-0.2, -0.15) is 5.26 Å². The molecule has 2 rings (SSSR count). The predicted molar refractivity (Wildman–Crippen MR) is 68.8 cm³/mol. The first kappa shape index (κ1) is 13.9. The van der Waals surface area contributed by atoms with Gasteiger partial charge in [-0.05, 0) is 12.1 Å². The number of anilines is 1. The van der Waals surface area contributed by atoms with Gasteiger partial charge in [0.1, 0.15) is 11.9 Å². The van der Waals surface area contributed by atoms with Crippen LogP contribution in [-0.4, -0.2) is 29.5 Å². The predicted octanol–water partition coefficient (Wildman–Crippen LogP) is 0.909. The smallest absolute Gasteiger partial charge is 0.356 e. The summed E-state index contributed by atoms with van der Waals surface area (Å²) < 4.78 is 25.8. The van der Waals surface area contributed by atoms with Crippen LogP contribution in [0.2, 0.25) is 0 Å². The van der Waals surface area contributed by atoms with Gasteiger partial charge in [0, 0.05) is 6.20 Å². The van der Waals surface area contributed by atoms with E-state index in [0.29, 0.717) is 11.3 Å². The number of hydrogen-bond donors (Lipinski definition) is 2. The number of hydrogen-bond acceptors (Lipinski definition) is 7. The van der Waals surface area contributed by atoms with Crippen molar-refractivity contribution >= 4 is 33.1 Å².